The summed E-state index contributed by atoms with van der Waals surface area (Å²) in [6, 6.07) is 5.99. The number of amidine groups is 1. The van der Waals surface area contributed by atoms with E-state index in [9.17, 15) is 0 Å². The highest BCUT2D eigenvalue weighted by Gasteiger charge is 2.19. The van der Waals surface area contributed by atoms with Crippen LogP contribution in [0.3, 0.4) is 0 Å². The van der Waals surface area contributed by atoms with E-state index in [1.165, 1.54) is 0 Å². The van der Waals surface area contributed by atoms with Crippen LogP contribution in [0.2, 0.25) is 5.02 Å². The third-order valence-corrected chi connectivity index (χ3v) is 3.79. The van der Waals surface area contributed by atoms with Gasteiger partial charge in [-0.05, 0) is 31.0 Å². The van der Waals surface area contributed by atoms with Gasteiger partial charge in [-0.3, -0.25) is 0 Å². The first-order valence-electron chi connectivity index (χ1n) is 6.21. The predicted molar refractivity (Wildman–Crippen MR) is 76.2 cm³/mol. The molecule has 0 aliphatic carbocycles. The normalized spacial score (nSPS) is 17.5. The molecular formula is C13H18ClN3O2. The first-order chi connectivity index (χ1) is 9.13. The Morgan fingerprint density at radius 3 is 2.74 bits per heavy atom. The van der Waals surface area contributed by atoms with E-state index >= 15 is 0 Å². The number of ether oxygens (including phenoxy) is 1. The van der Waals surface area contributed by atoms with Gasteiger partial charge in [0.1, 0.15) is 0 Å². The van der Waals surface area contributed by atoms with Crippen molar-refractivity contribution in [3.63, 3.8) is 0 Å². The lowest BCUT2D eigenvalue weighted by Crippen LogP contribution is -2.36. The van der Waals surface area contributed by atoms with Crippen LogP contribution >= 0.6 is 11.6 Å². The summed E-state index contributed by atoms with van der Waals surface area (Å²) in [7, 11) is 2.05. The fourth-order valence-corrected chi connectivity index (χ4v) is 2.54. The summed E-state index contributed by atoms with van der Waals surface area (Å²) < 4.78 is 5.36. The van der Waals surface area contributed by atoms with Crippen LogP contribution < -0.4 is 10.6 Å². The number of rotatable bonds is 3. The molecule has 6 heteroatoms. The minimum atomic E-state index is 0.0188. The Labute approximate surface area is 117 Å². The molecule has 0 saturated carbocycles. The van der Waals surface area contributed by atoms with Crippen molar-refractivity contribution >= 4 is 23.1 Å². The molecule has 0 aromatic heterocycles. The molecule has 0 atom stereocenters. The number of halogens is 1. The maximum absolute atomic E-state index is 8.68. The minimum absolute atomic E-state index is 0.0188. The quantitative estimate of drug-likeness (QED) is 0.385. The Morgan fingerprint density at radius 1 is 1.47 bits per heavy atom. The van der Waals surface area contributed by atoms with Crippen LogP contribution in [-0.2, 0) is 4.74 Å². The van der Waals surface area contributed by atoms with Gasteiger partial charge in [0.15, 0.2) is 5.84 Å². The van der Waals surface area contributed by atoms with E-state index in [4.69, 9.17) is 27.3 Å². The standard InChI is InChI=1S/C13H18ClN3O2/c1-17(9-4-6-19-7-5-9)10-2-3-11(12(14)8-10)13(15)16-18/h2-3,8-9,18H,4-7H2,1H3,(H2,15,16). The van der Waals surface area contributed by atoms with Gasteiger partial charge in [0, 0.05) is 37.6 Å². The first-order valence-corrected chi connectivity index (χ1v) is 6.59. The molecule has 1 aromatic carbocycles. The van der Waals surface area contributed by atoms with Crippen molar-refractivity contribution in [1.82, 2.24) is 0 Å². The molecule has 1 fully saturated rings. The monoisotopic (exact) mass is 283 g/mol. The van der Waals surface area contributed by atoms with E-state index in [-0.39, 0.29) is 5.84 Å². The Morgan fingerprint density at radius 2 is 2.16 bits per heavy atom. The molecule has 0 radical (unpaired) electrons. The zero-order valence-electron chi connectivity index (χ0n) is 10.8. The lowest BCUT2D eigenvalue weighted by molar-refractivity contribution is 0.0855. The lowest BCUT2D eigenvalue weighted by Gasteiger charge is -2.33. The van der Waals surface area contributed by atoms with Crippen molar-refractivity contribution in [3.05, 3.63) is 28.8 Å². The van der Waals surface area contributed by atoms with Crippen molar-refractivity contribution in [2.45, 2.75) is 18.9 Å². The highest BCUT2D eigenvalue weighted by molar-refractivity contribution is 6.34. The summed E-state index contributed by atoms with van der Waals surface area (Å²) in [4.78, 5) is 2.20. The Balaban J connectivity index is 2.19. The van der Waals surface area contributed by atoms with Gasteiger partial charge in [0.2, 0.25) is 0 Å². The van der Waals surface area contributed by atoms with Crippen molar-refractivity contribution in [2.75, 3.05) is 25.2 Å². The maximum Gasteiger partial charge on any atom is 0.171 e. The fraction of sp³-hybridized carbons (Fsp3) is 0.462. The van der Waals surface area contributed by atoms with E-state index < -0.39 is 0 Å². The Kier molecular flexibility index (Phi) is 4.50. The summed E-state index contributed by atoms with van der Waals surface area (Å²) in [6.07, 6.45) is 2.02. The van der Waals surface area contributed by atoms with Crippen molar-refractivity contribution < 1.29 is 9.94 Å². The molecular weight excluding hydrogens is 266 g/mol. The minimum Gasteiger partial charge on any atom is -0.409 e. The average molecular weight is 284 g/mol. The fourth-order valence-electron chi connectivity index (χ4n) is 2.27. The molecule has 0 amide bonds. The number of nitrogens with zero attached hydrogens (tertiary/aromatic N) is 2. The second kappa shape index (κ2) is 6.12. The topological polar surface area (TPSA) is 71.1 Å². The van der Waals surface area contributed by atoms with E-state index in [0.717, 1.165) is 31.7 Å². The first kappa shape index (κ1) is 14.0. The molecule has 19 heavy (non-hydrogen) atoms. The summed E-state index contributed by atoms with van der Waals surface area (Å²) in [5.74, 6) is 0.0188. The maximum atomic E-state index is 8.68. The molecule has 1 aromatic rings. The summed E-state index contributed by atoms with van der Waals surface area (Å²) in [6.45, 7) is 1.59. The van der Waals surface area contributed by atoms with Crippen LogP contribution in [0.25, 0.3) is 0 Å². The van der Waals surface area contributed by atoms with E-state index in [1.807, 2.05) is 19.2 Å². The molecule has 0 spiro atoms. The van der Waals surface area contributed by atoms with Gasteiger partial charge >= 0.3 is 0 Å². The highest BCUT2D eigenvalue weighted by Crippen LogP contribution is 2.26. The number of benzene rings is 1. The third-order valence-electron chi connectivity index (χ3n) is 3.48. The summed E-state index contributed by atoms with van der Waals surface area (Å²) in [5, 5.41) is 12.1. The van der Waals surface area contributed by atoms with Gasteiger partial charge in [0.05, 0.1) is 5.02 Å². The van der Waals surface area contributed by atoms with Crippen LogP contribution in [0.15, 0.2) is 23.4 Å². The molecule has 0 bridgehead atoms. The molecule has 3 N–H and O–H groups in total. The van der Waals surface area contributed by atoms with Crippen LogP contribution in [0.4, 0.5) is 5.69 Å². The van der Waals surface area contributed by atoms with E-state index in [2.05, 4.69) is 10.1 Å². The van der Waals surface area contributed by atoms with Crippen LogP contribution in [0.1, 0.15) is 18.4 Å². The van der Waals surface area contributed by atoms with Crippen LogP contribution in [0, 0.1) is 0 Å². The van der Waals surface area contributed by atoms with Crippen molar-refractivity contribution in [2.24, 2.45) is 10.9 Å². The van der Waals surface area contributed by atoms with Crippen LogP contribution in [0.5, 0.6) is 0 Å². The SMILES string of the molecule is CN(c1ccc(C(N)=NO)c(Cl)c1)C1CCOCC1. The smallest absolute Gasteiger partial charge is 0.171 e. The molecule has 2 rings (SSSR count). The summed E-state index contributed by atoms with van der Waals surface area (Å²) in [5.41, 5.74) is 7.10. The van der Waals surface area contributed by atoms with Crippen LogP contribution in [-0.4, -0.2) is 37.3 Å². The number of oxime groups is 1. The second-order valence-electron chi connectivity index (χ2n) is 4.60. The van der Waals surface area contributed by atoms with Gasteiger partial charge in [-0.2, -0.15) is 0 Å². The highest BCUT2D eigenvalue weighted by atomic mass is 35.5. The number of anilines is 1. The number of nitrogens with two attached hydrogens (primary N) is 1. The average Bonchev–Trinajstić information content (AvgIpc) is 2.46. The van der Waals surface area contributed by atoms with E-state index in [1.54, 1.807) is 6.07 Å². The van der Waals surface area contributed by atoms with Gasteiger partial charge in [-0.25, -0.2) is 0 Å². The van der Waals surface area contributed by atoms with E-state index in [0.29, 0.717) is 16.6 Å². The largest absolute Gasteiger partial charge is 0.409 e. The Bertz CT molecular complexity index is 473. The number of hydrogen-bond acceptors (Lipinski definition) is 4. The van der Waals surface area contributed by atoms with Gasteiger partial charge < -0.3 is 20.6 Å². The van der Waals surface area contributed by atoms with Crippen molar-refractivity contribution in [3.8, 4) is 0 Å². The molecule has 1 saturated heterocycles. The lowest BCUT2D eigenvalue weighted by atomic mass is 10.1. The Hall–Kier alpha value is -1.46. The molecule has 1 aliphatic rings. The van der Waals surface area contributed by atoms with Gasteiger partial charge in [0.25, 0.3) is 0 Å². The molecule has 1 heterocycles. The van der Waals surface area contributed by atoms with Gasteiger partial charge in [-0.1, -0.05) is 16.8 Å². The molecule has 0 unspecified atom stereocenters. The third kappa shape index (κ3) is 3.11. The second-order valence-corrected chi connectivity index (χ2v) is 5.01. The summed E-state index contributed by atoms with van der Waals surface area (Å²) >= 11 is 6.16. The predicted octanol–water partition coefficient (Wildman–Crippen LogP) is 2.05. The molecule has 104 valence electrons. The molecule has 5 nitrogen and oxygen atoms in total. The number of hydrogen-bond donors (Lipinski definition) is 2. The van der Waals surface area contributed by atoms with Gasteiger partial charge in [-0.15, -0.1) is 0 Å². The zero-order chi connectivity index (χ0) is 13.8. The zero-order valence-corrected chi connectivity index (χ0v) is 11.6. The molecule has 1 aliphatic heterocycles. The van der Waals surface area contributed by atoms with Crippen molar-refractivity contribution in [1.29, 1.82) is 0 Å².